The van der Waals surface area contributed by atoms with E-state index in [1.165, 1.54) is 6.42 Å². The van der Waals surface area contributed by atoms with Crippen molar-refractivity contribution in [1.82, 2.24) is 0 Å². The fraction of sp³-hybridized carbons (Fsp3) is 0.412. The van der Waals surface area contributed by atoms with Crippen LogP contribution < -0.4 is 9.47 Å². The number of carbonyl (C=O) groups excluding carboxylic acids is 2. The van der Waals surface area contributed by atoms with E-state index < -0.39 is 24.7 Å². The second kappa shape index (κ2) is 17.3. The second-order valence-corrected chi connectivity index (χ2v) is 10.3. The molecule has 0 aliphatic heterocycles. The highest BCUT2D eigenvalue weighted by Gasteiger charge is 2.27. The van der Waals surface area contributed by atoms with Crippen LogP contribution >= 0.6 is 0 Å². The van der Waals surface area contributed by atoms with Gasteiger partial charge in [0.1, 0.15) is 18.1 Å². The lowest BCUT2D eigenvalue weighted by atomic mass is 10.0. The summed E-state index contributed by atoms with van der Waals surface area (Å²) in [6.07, 6.45) is 1.92. The summed E-state index contributed by atoms with van der Waals surface area (Å²) in [5.74, 6) is 0.0543. The Labute approximate surface area is 251 Å². The minimum Gasteiger partial charge on any atom is -0.494 e. The molecule has 9 heteroatoms. The molecule has 0 aliphatic carbocycles. The molecule has 3 aromatic rings. The zero-order valence-electron chi connectivity index (χ0n) is 24.7. The Morgan fingerprint density at radius 1 is 0.698 bits per heavy atom. The summed E-state index contributed by atoms with van der Waals surface area (Å²) in [6.45, 7) is 3.22. The molecule has 1 atom stereocenters. The number of unbranched alkanes of at least 4 members (excludes halogenated alkanes) is 4. The van der Waals surface area contributed by atoms with Gasteiger partial charge in [0.15, 0.2) is 0 Å². The molecule has 3 aromatic carbocycles. The molecule has 0 saturated heterocycles. The Bertz CT molecular complexity index is 1260. The SMILES string of the molecule is CCCCCC[C@H](C)OC(=O)c1ccc(OC(=O)c2ccc(-c3ccc(OCCCCOCC(F)(F)F)cc3)cc2)cc1. The Balaban J connectivity index is 1.42. The van der Waals surface area contributed by atoms with E-state index >= 15 is 0 Å². The molecule has 43 heavy (non-hydrogen) atoms. The molecule has 0 saturated carbocycles. The Morgan fingerprint density at radius 3 is 1.88 bits per heavy atom. The Hall–Kier alpha value is -3.85. The number of halogens is 3. The van der Waals surface area contributed by atoms with Gasteiger partial charge in [0, 0.05) is 6.61 Å². The van der Waals surface area contributed by atoms with Crippen LogP contribution in [0.2, 0.25) is 0 Å². The molecule has 0 amide bonds. The second-order valence-electron chi connectivity index (χ2n) is 10.3. The Morgan fingerprint density at radius 2 is 1.26 bits per heavy atom. The van der Waals surface area contributed by atoms with Gasteiger partial charge < -0.3 is 18.9 Å². The molecule has 0 N–H and O–H groups in total. The zero-order chi connectivity index (χ0) is 31.1. The van der Waals surface area contributed by atoms with Gasteiger partial charge in [0.05, 0.1) is 23.8 Å². The van der Waals surface area contributed by atoms with Crippen molar-refractivity contribution in [3.05, 3.63) is 83.9 Å². The maximum Gasteiger partial charge on any atom is 0.411 e. The fourth-order valence-electron chi connectivity index (χ4n) is 4.22. The van der Waals surface area contributed by atoms with Crippen LogP contribution in [0.3, 0.4) is 0 Å². The summed E-state index contributed by atoms with van der Waals surface area (Å²) in [7, 11) is 0. The molecule has 0 aliphatic rings. The maximum absolute atomic E-state index is 12.7. The van der Waals surface area contributed by atoms with Crippen molar-refractivity contribution < 1.29 is 41.7 Å². The summed E-state index contributed by atoms with van der Waals surface area (Å²) in [5, 5.41) is 0. The van der Waals surface area contributed by atoms with Gasteiger partial charge in [-0.3, -0.25) is 0 Å². The molecular weight excluding hydrogens is 561 g/mol. The summed E-state index contributed by atoms with van der Waals surface area (Å²) in [5.41, 5.74) is 2.59. The minimum atomic E-state index is -4.31. The van der Waals surface area contributed by atoms with Crippen LogP contribution in [-0.2, 0) is 9.47 Å². The molecular formula is C34H39F3O6. The van der Waals surface area contributed by atoms with E-state index in [0.29, 0.717) is 42.1 Å². The van der Waals surface area contributed by atoms with Crippen LogP contribution in [0.4, 0.5) is 13.2 Å². The smallest absolute Gasteiger partial charge is 0.411 e. The van der Waals surface area contributed by atoms with E-state index in [1.54, 1.807) is 36.4 Å². The van der Waals surface area contributed by atoms with E-state index in [1.807, 2.05) is 43.3 Å². The number of esters is 2. The quantitative estimate of drug-likeness (QED) is 0.0876. The number of benzene rings is 3. The first-order valence-electron chi connectivity index (χ1n) is 14.7. The number of hydrogen-bond acceptors (Lipinski definition) is 6. The molecule has 0 heterocycles. The highest BCUT2D eigenvalue weighted by molar-refractivity contribution is 5.92. The molecule has 0 bridgehead atoms. The first-order chi connectivity index (χ1) is 20.6. The van der Waals surface area contributed by atoms with E-state index in [2.05, 4.69) is 11.7 Å². The standard InChI is InChI=1S/C34H39F3O6/c1-3-4-5-6-9-25(2)42-32(38)29-16-20-31(21-17-29)43-33(39)28-12-10-26(11-13-28)27-14-18-30(19-15-27)41-23-8-7-22-40-24-34(35,36)37/h10-21,25H,3-9,22-24H2,1-2H3/t25-/m0/s1. The van der Waals surface area contributed by atoms with Gasteiger partial charge in [0.25, 0.3) is 0 Å². The summed E-state index contributed by atoms with van der Waals surface area (Å²) >= 11 is 0. The topological polar surface area (TPSA) is 71.1 Å². The third-order valence-electron chi connectivity index (χ3n) is 6.60. The van der Waals surface area contributed by atoms with Crippen molar-refractivity contribution in [2.45, 2.75) is 71.1 Å². The van der Waals surface area contributed by atoms with Crippen LogP contribution in [0.25, 0.3) is 11.1 Å². The molecule has 232 valence electrons. The van der Waals surface area contributed by atoms with Crippen LogP contribution in [0.1, 0.15) is 79.5 Å². The Kier molecular flexibility index (Phi) is 13.5. The van der Waals surface area contributed by atoms with Crippen LogP contribution in [0.15, 0.2) is 72.8 Å². The number of ether oxygens (including phenoxy) is 4. The molecule has 3 rings (SSSR count). The lowest BCUT2D eigenvalue weighted by Crippen LogP contribution is -2.17. The fourth-order valence-corrected chi connectivity index (χ4v) is 4.22. The van der Waals surface area contributed by atoms with Gasteiger partial charge in [-0.1, -0.05) is 50.5 Å². The van der Waals surface area contributed by atoms with E-state index in [4.69, 9.17) is 14.2 Å². The molecule has 6 nitrogen and oxygen atoms in total. The number of carbonyl (C=O) groups is 2. The normalized spacial score (nSPS) is 12.0. The number of rotatable bonds is 17. The van der Waals surface area contributed by atoms with Gasteiger partial charge in [-0.2, -0.15) is 13.2 Å². The van der Waals surface area contributed by atoms with E-state index in [-0.39, 0.29) is 12.7 Å². The molecule has 0 aromatic heterocycles. The van der Waals surface area contributed by atoms with Gasteiger partial charge in [-0.15, -0.1) is 0 Å². The first kappa shape index (κ1) is 33.6. The summed E-state index contributed by atoms with van der Waals surface area (Å²) in [4.78, 5) is 25.1. The number of alkyl halides is 3. The zero-order valence-corrected chi connectivity index (χ0v) is 24.7. The average Bonchev–Trinajstić information content (AvgIpc) is 2.99. The maximum atomic E-state index is 12.7. The third-order valence-corrected chi connectivity index (χ3v) is 6.60. The monoisotopic (exact) mass is 600 g/mol. The van der Waals surface area contributed by atoms with Gasteiger partial charge >= 0.3 is 18.1 Å². The third kappa shape index (κ3) is 12.5. The van der Waals surface area contributed by atoms with Gasteiger partial charge in [-0.25, -0.2) is 9.59 Å². The molecule has 0 radical (unpaired) electrons. The lowest BCUT2D eigenvalue weighted by molar-refractivity contribution is -0.174. The van der Waals surface area contributed by atoms with Crippen molar-refractivity contribution in [2.24, 2.45) is 0 Å². The first-order valence-corrected chi connectivity index (χ1v) is 14.7. The van der Waals surface area contributed by atoms with Gasteiger partial charge in [0.2, 0.25) is 0 Å². The molecule has 0 unspecified atom stereocenters. The number of hydrogen-bond donors (Lipinski definition) is 0. The van der Waals surface area contributed by atoms with E-state index in [9.17, 15) is 22.8 Å². The predicted molar refractivity (Wildman–Crippen MR) is 159 cm³/mol. The van der Waals surface area contributed by atoms with Crippen molar-refractivity contribution >= 4 is 11.9 Å². The van der Waals surface area contributed by atoms with Crippen molar-refractivity contribution in [1.29, 1.82) is 0 Å². The van der Waals surface area contributed by atoms with Crippen molar-refractivity contribution in [3.63, 3.8) is 0 Å². The van der Waals surface area contributed by atoms with Crippen molar-refractivity contribution in [2.75, 3.05) is 19.8 Å². The minimum absolute atomic E-state index is 0.0345. The van der Waals surface area contributed by atoms with Crippen molar-refractivity contribution in [3.8, 4) is 22.6 Å². The average molecular weight is 601 g/mol. The summed E-state index contributed by atoms with van der Waals surface area (Å²) in [6, 6.07) is 20.7. The lowest BCUT2D eigenvalue weighted by Gasteiger charge is -2.13. The predicted octanol–water partition coefficient (Wildman–Crippen LogP) is 8.83. The highest BCUT2D eigenvalue weighted by atomic mass is 19.4. The van der Waals surface area contributed by atoms with Crippen LogP contribution in [0, 0.1) is 0 Å². The van der Waals surface area contributed by atoms with E-state index in [0.717, 1.165) is 36.8 Å². The highest BCUT2D eigenvalue weighted by Crippen LogP contribution is 2.24. The van der Waals surface area contributed by atoms with Crippen LogP contribution in [0.5, 0.6) is 11.5 Å². The van der Waals surface area contributed by atoms with Gasteiger partial charge in [-0.05, 0) is 92.3 Å². The molecule has 0 spiro atoms. The largest absolute Gasteiger partial charge is 0.494 e. The molecule has 0 fully saturated rings. The van der Waals surface area contributed by atoms with Crippen LogP contribution in [-0.4, -0.2) is 44.0 Å². The summed E-state index contributed by atoms with van der Waals surface area (Å²) < 4.78 is 57.4.